The number of aromatic nitrogens is 3. The van der Waals surface area contributed by atoms with Crippen LogP contribution < -0.4 is 10.4 Å². The van der Waals surface area contributed by atoms with E-state index in [1.807, 2.05) is 48.5 Å². The smallest absolute Gasteiger partial charge is 0.331 e. The third-order valence-corrected chi connectivity index (χ3v) is 3.57. The van der Waals surface area contributed by atoms with Gasteiger partial charge in [-0.3, -0.25) is 9.55 Å². The van der Waals surface area contributed by atoms with Crippen molar-refractivity contribution in [3.63, 3.8) is 0 Å². The Labute approximate surface area is 131 Å². The molecule has 0 aliphatic carbocycles. The Bertz CT molecular complexity index is 1000. The highest BCUT2D eigenvalue weighted by atomic mass is 16.5. The second-order valence-corrected chi connectivity index (χ2v) is 5.06. The van der Waals surface area contributed by atoms with Crippen molar-refractivity contribution in [2.75, 3.05) is 0 Å². The molecule has 0 radical (unpaired) electrons. The molecule has 2 heterocycles. The number of para-hydroxylation sites is 2. The lowest BCUT2D eigenvalue weighted by Gasteiger charge is -2.07. The van der Waals surface area contributed by atoms with Gasteiger partial charge in [0.1, 0.15) is 11.5 Å². The van der Waals surface area contributed by atoms with Crippen LogP contribution in [-0.2, 0) is 0 Å². The van der Waals surface area contributed by atoms with Crippen molar-refractivity contribution in [2.24, 2.45) is 0 Å². The van der Waals surface area contributed by atoms with E-state index in [4.69, 9.17) is 4.74 Å². The van der Waals surface area contributed by atoms with E-state index in [0.29, 0.717) is 5.75 Å². The lowest BCUT2D eigenvalue weighted by molar-refractivity contribution is 0.482. The van der Waals surface area contributed by atoms with Crippen molar-refractivity contribution in [1.82, 2.24) is 14.5 Å². The summed E-state index contributed by atoms with van der Waals surface area (Å²) >= 11 is 0. The van der Waals surface area contributed by atoms with Crippen molar-refractivity contribution in [3.05, 3.63) is 83.5 Å². The highest BCUT2D eigenvalue weighted by Crippen LogP contribution is 2.22. The van der Waals surface area contributed by atoms with Gasteiger partial charge < -0.3 is 9.72 Å². The Morgan fingerprint density at radius 3 is 2.35 bits per heavy atom. The van der Waals surface area contributed by atoms with Crippen molar-refractivity contribution < 1.29 is 4.74 Å². The Balaban J connectivity index is 1.70. The number of rotatable bonds is 3. The second-order valence-electron chi connectivity index (χ2n) is 5.06. The molecule has 0 spiro atoms. The molecule has 1 N–H and O–H groups in total. The number of aromatic amines is 1. The van der Waals surface area contributed by atoms with E-state index in [1.54, 1.807) is 29.1 Å². The summed E-state index contributed by atoms with van der Waals surface area (Å²) in [5.41, 5.74) is 2.29. The Kier molecular flexibility index (Phi) is 3.16. The number of ether oxygens (including phenoxy) is 1. The fourth-order valence-electron chi connectivity index (χ4n) is 2.52. The normalized spacial score (nSPS) is 10.8. The van der Waals surface area contributed by atoms with Crippen LogP contribution in [0, 0.1) is 0 Å². The zero-order valence-electron chi connectivity index (χ0n) is 12.1. The van der Waals surface area contributed by atoms with Crippen LogP contribution in [0.2, 0.25) is 0 Å². The van der Waals surface area contributed by atoms with Crippen LogP contribution in [0.4, 0.5) is 0 Å². The molecular formula is C18H13N3O2. The van der Waals surface area contributed by atoms with Crippen LogP contribution in [-0.4, -0.2) is 14.5 Å². The maximum absolute atomic E-state index is 12.2. The number of pyridine rings is 1. The number of benzene rings is 2. The van der Waals surface area contributed by atoms with Gasteiger partial charge in [-0.1, -0.05) is 12.1 Å². The highest BCUT2D eigenvalue weighted by Gasteiger charge is 2.08. The van der Waals surface area contributed by atoms with E-state index >= 15 is 0 Å². The number of imidazole rings is 1. The van der Waals surface area contributed by atoms with Gasteiger partial charge in [-0.15, -0.1) is 0 Å². The van der Waals surface area contributed by atoms with Crippen molar-refractivity contribution in [3.8, 4) is 17.2 Å². The zero-order valence-corrected chi connectivity index (χ0v) is 12.1. The van der Waals surface area contributed by atoms with Gasteiger partial charge >= 0.3 is 5.69 Å². The molecule has 0 aliphatic heterocycles. The van der Waals surface area contributed by atoms with Crippen LogP contribution in [0.3, 0.4) is 0 Å². The zero-order chi connectivity index (χ0) is 15.6. The first-order chi connectivity index (χ1) is 11.3. The SMILES string of the molecule is O=c1[nH]c2ccccc2n1-c1ccc(Oc2ccncc2)cc1. The monoisotopic (exact) mass is 303 g/mol. The van der Waals surface area contributed by atoms with E-state index in [2.05, 4.69) is 9.97 Å². The molecule has 2 aromatic heterocycles. The molecule has 5 heteroatoms. The summed E-state index contributed by atoms with van der Waals surface area (Å²) in [4.78, 5) is 19.0. The third kappa shape index (κ3) is 2.48. The van der Waals surface area contributed by atoms with E-state index in [1.165, 1.54) is 0 Å². The van der Waals surface area contributed by atoms with Crippen LogP contribution >= 0.6 is 0 Å². The number of hydrogen-bond donors (Lipinski definition) is 1. The summed E-state index contributed by atoms with van der Waals surface area (Å²) in [5, 5.41) is 0. The Morgan fingerprint density at radius 2 is 1.57 bits per heavy atom. The van der Waals surface area contributed by atoms with Gasteiger partial charge in [-0.2, -0.15) is 0 Å². The molecule has 4 aromatic rings. The van der Waals surface area contributed by atoms with Crippen LogP contribution in [0.5, 0.6) is 11.5 Å². The maximum Gasteiger partial charge on any atom is 0.331 e. The van der Waals surface area contributed by atoms with E-state index in [-0.39, 0.29) is 5.69 Å². The average Bonchev–Trinajstić information content (AvgIpc) is 2.92. The molecule has 5 nitrogen and oxygen atoms in total. The average molecular weight is 303 g/mol. The maximum atomic E-state index is 12.2. The first-order valence-electron chi connectivity index (χ1n) is 7.19. The molecular weight excluding hydrogens is 290 g/mol. The van der Waals surface area contributed by atoms with Gasteiger partial charge in [0.15, 0.2) is 0 Å². The number of fused-ring (bicyclic) bond motifs is 1. The number of hydrogen-bond acceptors (Lipinski definition) is 3. The molecule has 0 saturated carbocycles. The molecule has 112 valence electrons. The molecule has 0 bridgehead atoms. The summed E-state index contributed by atoms with van der Waals surface area (Å²) < 4.78 is 7.38. The predicted octanol–water partition coefficient (Wildman–Crippen LogP) is 3.51. The molecule has 0 amide bonds. The van der Waals surface area contributed by atoms with Crippen molar-refractivity contribution >= 4 is 11.0 Å². The Morgan fingerprint density at radius 1 is 0.870 bits per heavy atom. The minimum absolute atomic E-state index is 0.158. The van der Waals surface area contributed by atoms with Crippen molar-refractivity contribution in [1.29, 1.82) is 0 Å². The highest BCUT2D eigenvalue weighted by molar-refractivity contribution is 5.77. The number of nitrogens with zero attached hydrogens (tertiary/aromatic N) is 2. The summed E-state index contributed by atoms with van der Waals surface area (Å²) in [6.45, 7) is 0. The van der Waals surface area contributed by atoms with E-state index < -0.39 is 0 Å². The van der Waals surface area contributed by atoms with Gasteiger partial charge in [0, 0.05) is 12.4 Å². The molecule has 2 aromatic carbocycles. The van der Waals surface area contributed by atoms with E-state index in [0.717, 1.165) is 22.5 Å². The molecule has 0 atom stereocenters. The fraction of sp³-hybridized carbons (Fsp3) is 0. The fourth-order valence-corrected chi connectivity index (χ4v) is 2.52. The standard InChI is InChI=1S/C18H13N3O2/c22-18-20-16-3-1-2-4-17(16)21(18)13-5-7-14(8-6-13)23-15-9-11-19-12-10-15/h1-12H,(H,20,22). The molecule has 23 heavy (non-hydrogen) atoms. The predicted molar refractivity (Wildman–Crippen MR) is 88.2 cm³/mol. The summed E-state index contributed by atoms with van der Waals surface area (Å²) in [7, 11) is 0. The van der Waals surface area contributed by atoms with Crippen LogP contribution in [0.15, 0.2) is 77.9 Å². The van der Waals surface area contributed by atoms with Crippen LogP contribution in [0.25, 0.3) is 16.7 Å². The number of nitrogens with one attached hydrogen (secondary N) is 1. The first kappa shape index (κ1) is 13.3. The molecule has 0 saturated heterocycles. The van der Waals surface area contributed by atoms with Crippen molar-refractivity contribution in [2.45, 2.75) is 0 Å². The largest absolute Gasteiger partial charge is 0.457 e. The van der Waals surface area contributed by atoms with Gasteiger partial charge in [0.25, 0.3) is 0 Å². The van der Waals surface area contributed by atoms with Gasteiger partial charge in [-0.25, -0.2) is 4.79 Å². The summed E-state index contributed by atoms with van der Waals surface area (Å²) in [6, 6.07) is 18.6. The lowest BCUT2D eigenvalue weighted by atomic mass is 10.2. The molecule has 0 fully saturated rings. The summed E-state index contributed by atoms with van der Waals surface area (Å²) in [6.07, 6.45) is 3.35. The topological polar surface area (TPSA) is 59.9 Å². The molecule has 0 aliphatic rings. The quantitative estimate of drug-likeness (QED) is 0.630. The number of H-pyrrole nitrogens is 1. The van der Waals surface area contributed by atoms with Crippen LogP contribution in [0.1, 0.15) is 0 Å². The third-order valence-electron chi connectivity index (χ3n) is 3.57. The van der Waals surface area contributed by atoms with Gasteiger partial charge in [-0.05, 0) is 48.5 Å². The minimum Gasteiger partial charge on any atom is -0.457 e. The Hall–Kier alpha value is -3.34. The minimum atomic E-state index is -0.158. The van der Waals surface area contributed by atoms with E-state index in [9.17, 15) is 4.79 Å². The first-order valence-corrected chi connectivity index (χ1v) is 7.19. The van der Waals surface area contributed by atoms with Gasteiger partial charge in [0.2, 0.25) is 0 Å². The van der Waals surface area contributed by atoms with Gasteiger partial charge in [0.05, 0.1) is 16.7 Å². The second kappa shape index (κ2) is 5.46. The molecule has 4 rings (SSSR count). The molecule has 0 unspecified atom stereocenters. The summed E-state index contributed by atoms with van der Waals surface area (Å²) in [5.74, 6) is 1.42. The lowest BCUT2D eigenvalue weighted by Crippen LogP contribution is -2.14.